The molecule has 2 heterocycles. The lowest BCUT2D eigenvalue weighted by molar-refractivity contribution is -0.132. The lowest BCUT2D eigenvalue weighted by atomic mass is 9.84. The molecule has 0 bridgehead atoms. The number of aromatic nitrogens is 1. The second-order valence-electron chi connectivity index (χ2n) is 9.26. The molecule has 1 unspecified atom stereocenters. The Labute approximate surface area is 204 Å². The van der Waals surface area contributed by atoms with Gasteiger partial charge in [-0.15, -0.1) is 0 Å². The molecule has 1 saturated heterocycles. The number of nitrogens with zero attached hydrogens (tertiary/aromatic N) is 2. The minimum Gasteiger partial charge on any atom is -0.507 e. The van der Waals surface area contributed by atoms with Crippen LogP contribution in [0, 0.1) is 0 Å². The van der Waals surface area contributed by atoms with Gasteiger partial charge in [0.2, 0.25) is 0 Å². The van der Waals surface area contributed by atoms with Gasteiger partial charge in [0.1, 0.15) is 23.3 Å². The van der Waals surface area contributed by atoms with Crippen LogP contribution in [0.15, 0.2) is 72.4 Å². The Balaban J connectivity index is 1.97. The number of ketones is 1. The smallest absolute Gasteiger partial charge is 0.300 e. The first-order valence-electron chi connectivity index (χ1n) is 11.2. The summed E-state index contributed by atoms with van der Waals surface area (Å²) in [5.41, 5.74) is 1.81. The molecule has 0 radical (unpaired) electrons. The molecule has 0 spiro atoms. The Morgan fingerprint density at radius 2 is 1.63 bits per heavy atom. The minimum atomic E-state index is -0.937. The maximum Gasteiger partial charge on any atom is 0.300 e. The van der Waals surface area contributed by atoms with Gasteiger partial charge in [-0.1, -0.05) is 39.0 Å². The van der Waals surface area contributed by atoms with Gasteiger partial charge >= 0.3 is 0 Å². The summed E-state index contributed by atoms with van der Waals surface area (Å²) >= 11 is 0. The van der Waals surface area contributed by atoms with E-state index in [2.05, 4.69) is 4.98 Å². The van der Waals surface area contributed by atoms with E-state index < -0.39 is 17.7 Å². The highest BCUT2D eigenvalue weighted by Gasteiger charge is 2.48. The van der Waals surface area contributed by atoms with Crippen LogP contribution < -0.4 is 14.4 Å². The van der Waals surface area contributed by atoms with Crippen molar-refractivity contribution in [3.63, 3.8) is 0 Å². The van der Waals surface area contributed by atoms with Gasteiger partial charge in [-0.05, 0) is 47.9 Å². The van der Waals surface area contributed by atoms with E-state index in [1.807, 2.05) is 20.8 Å². The number of carbonyl (C=O) groups excluding carboxylic acids is 2. The number of hydrogen-bond acceptors (Lipinski definition) is 6. The minimum absolute atomic E-state index is 0.0374. The van der Waals surface area contributed by atoms with Crippen LogP contribution >= 0.6 is 0 Å². The first-order valence-corrected chi connectivity index (χ1v) is 11.2. The van der Waals surface area contributed by atoms with E-state index in [1.165, 1.54) is 12.0 Å². The second kappa shape index (κ2) is 9.25. The van der Waals surface area contributed by atoms with Crippen LogP contribution in [0.3, 0.4) is 0 Å². The molecular weight excluding hydrogens is 444 g/mol. The highest BCUT2D eigenvalue weighted by molar-refractivity contribution is 6.51. The fraction of sp³-hybridized carbons (Fsp3) is 0.250. The number of methoxy groups -OCH3 is 2. The van der Waals surface area contributed by atoms with Crippen LogP contribution in [-0.2, 0) is 15.0 Å². The zero-order valence-corrected chi connectivity index (χ0v) is 20.4. The van der Waals surface area contributed by atoms with Crippen LogP contribution in [0.4, 0.5) is 5.69 Å². The molecule has 1 aromatic heterocycles. The fourth-order valence-electron chi connectivity index (χ4n) is 4.32. The lowest BCUT2D eigenvalue weighted by Crippen LogP contribution is -2.30. The van der Waals surface area contributed by atoms with Crippen LogP contribution in [0.5, 0.6) is 11.5 Å². The van der Waals surface area contributed by atoms with E-state index in [0.29, 0.717) is 28.4 Å². The normalized spacial score (nSPS) is 17.5. The van der Waals surface area contributed by atoms with E-state index in [0.717, 1.165) is 5.56 Å². The van der Waals surface area contributed by atoms with Crippen molar-refractivity contribution >= 4 is 23.1 Å². The molecule has 3 aromatic rings. The molecule has 1 aliphatic rings. The van der Waals surface area contributed by atoms with Gasteiger partial charge in [-0.25, -0.2) is 0 Å². The van der Waals surface area contributed by atoms with Crippen molar-refractivity contribution in [3.8, 4) is 11.5 Å². The molecule has 1 aliphatic heterocycles. The molecule has 4 rings (SSSR count). The van der Waals surface area contributed by atoms with Gasteiger partial charge in [0, 0.05) is 17.3 Å². The highest BCUT2D eigenvalue weighted by Crippen LogP contribution is 2.44. The maximum absolute atomic E-state index is 13.4. The van der Waals surface area contributed by atoms with E-state index in [1.54, 1.807) is 74.0 Å². The number of anilines is 1. The standard InChI is InChI=1S/C28H28N2O5/c1-28(2,3)18-16-17(13-14-21(18)34-4)25(31)23-24(19-10-8-9-15-29-19)30(27(33)26(23)32)20-11-6-7-12-22(20)35-5/h6-16,24,31H,1-5H3/b25-23-. The SMILES string of the molecule is COc1ccccc1N1C(=O)C(=O)/C(=C(\O)c2ccc(OC)c(C(C)(C)C)c2)C1c1ccccn1. The molecule has 1 fully saturated rings. The van der Waals surface area contributed by atoms with Gasteiger partial charge in [0.05, 0.1) is 31.2 Å². The topological polar surface area (TPSA) is 89.0 Å². The van der Waals surface area contributed by atoms with Gasteiger partial charge in [0.25, 0.3) is 11.7 Å². The molecule has 1 atom stereocenters. The van der Waals surface area contributed by atoms with Gasteiger partial charge in [-0.3, -0.25) is 19.5 Å². The van der Waals surface area contributed by atoms with Crippen molar-refractivity contribution in [2.45, 2.75) is 32.2 Å². The Bertz CT molecular complexity index is 1310. The number of Topliss-reactive ketones (excluding diaryl/α,β-unsaturated/α-hetero) is 1. The molecule has 35 heavy (non-hydrogen) atoms. The number of ether oxygens (including phenoxy) is 2. The summed E-state index contributed by atoms with van der Waals surface area (Å²) in [4.78, 5) is 32.5. The van der Waals surface area contributed by atoms with Crippen molar-refractivity contribution in [2.24, 2.45) is 0 Å². The lowest BCUT2D eigenvalue weighted by Gasteiger charge is -2.26. The monoisotopic (exact) mass is 472 g/mol. The number of hydrogen-bond donors (Lipinski definition) is 1. The van der Waals surface area contributed by atoms with Crippen molar-refractivity contribution in [3.05, 3.63) is 89.3 Å². The number of amides is 1. The summed E-state index contributed by atoms with van der Waals surface area (Å²) in [5.74, 6) is -0.738. The molecule has 7 heteroatoms. The summed E-state index contributed by atoms with van der Waals surface area (Å²) in [7, 11) is 3.08. The summed E-state index contributed by atoms with van der Waals surface area (Å²) in [5, 5.41) is 11.5. The zero-order chi connectivity index (χ0) is 25.3. The van der Waals surface area contributed by atoms with Crippen LogP contribution in [0.1, 0.15) is 43.6 Å². The molecule has 7 nitrogen and oxygen atoms in total. The number of aliphatic hydroxyl groups is 1. The van der Waals surface area contributed by atoms with E-state index in [-0.39, 0.29) is 16.7 Å². The van der Waals surface area contributed by atoms with E-state index in [9.17, 15) is 14.7 Å². The summed E-state index contributed by atoms with van der Waals surface area (Å²) in [6, 6.07) is 16.5. The molecular formula is C28H28N2O5. The number of aliphatic hydroxyl groups excluding tert-OH is 1. The predicted octanol–water partition coefficient (Wildman–Crippen LogP) is 5.02. The highest BCUT2D eigenvalue weighted by atomic mass is 16.5. The Kier molecular flexibility index (Phi) is 6.35. The molecule has 1 N–H and O–H groups in total. The largest absolute Gasteiger partial charge is 0.507 e. The van der Waals surface area contributed by atoms with Crippen molar-refractivity contribution in [2.75, 3.05) is 19.1 Å². The second-order valence-corrected chi connectivity index (χ2v) is 9.26. The third kappa shape index (κ3) is 4.25. The van der Waals surface area contributed by atoms with Crippen LogP contribution in [0.25, 0.3) is 5.76 Å². The number of benzene rings is 2. The predicted molar refractivity (Wildman–Crippen MR) is 134 cm³/mol. The average molecular weight is 473 g/mol. The average Bonchev–Trinajstić information content (AvgIpc) is 3.13. The molecule has 0 saturated carbocycles. The first kappa shape index (κ1) is 24.0. The van der Waals surface area contributed by atoms with Crippen molar-refractivity contribution in [1.29, 1.82) is 0 Å². The molecule has 2 aromatic carbocycles. The van der Waals surface area contributed by atoms with Gasteiger partial charge < -0.3 is 14.6 Å². The Morgan fingerprint density at radius 3 is 2.26 bits per heavy atom. The van der Waals surface area contributed by atoms with E-state index in [4.69, 9.17) is 9.47 Å². The third-order valence-corrected chi connectivity index (χ3v) is 6.04. The number of para-hydroxylation sites is 2. The van der Waals surface area contributed by atoms with Crippen molar-refractivity contribution in [1.82, 2.24) is 4.98 Å². The Morgan fingerprint density at radius 1 is 0.943 bits per heavy atom. The van der Waals surface area contributed by atoms with E-state index >= 15 is 0 Å². The quantitative estimate of drug-likeness (QED) is 0.319. The molecule has 0 aliphatic carbocycles. The van der Waals surface area contributed by atoms with Crippen LogP contribution in [0.2, 0.25) is 0 Å². The molecule has 180 valence electrons. The fourth-order valence-corrected chi connectivity index (χ4v) is 4.32. The maximum atomic E-state index is 13.4. The van der Waals surface area contributed by atoms with Crippen LogP contribution in [-0.4, -0.2) is 36.0 Å². The van der Waals surface area contributed by atoms with Gasteiger partial charge in [-0.2, -0.15) is 0 Å². The number of rotatable bonds is 5. The summed E-state index contributed by atoms with van der Waals surface area (Å²) in [6.07, 6.45) is 1.59. The number of pyridine rings is 1. The zero-order valence-electron chi connectivity index (χ0n) is 20.4. The van der Waals surface area contributed by atoms with Crippen molar-refractivity contribution < 1.29 is 24.2 Å². The Hall–Kier alpha value is -4.13. The third-order valence-electron chi connectivity index (χ3n) is 6.04. The number of carbonyl (C=O) groups is 2. The summed E-state index contributed by atoms with van der Waals surface area (Å²) < 4.78 is 11.0. The molecule has 1 amide bonds. The van der Waals surface area contributed by atoms with Gasteiger partial charge in [0.15, 0.2) is 0 Å². The summed E-state index contributed by atoms with van der Waals surface area (Å²) in [6.45, 7) is 6.09. The first-order chi connectivity index (χ1) is 16.7.